The number of aromatic nitrogens is 4. The average Bonchev–Trinajstić information content (AvgIpc) is 3.17. The monoisotopic (exact) mass is 370 g/mol. The highest BCUT2D eigenvalue weighted by Crippen LogP contribution is 2.21. The van der Waals surface area contributed by atoms with Crippen molar-refractivity contribution in [1.29, 1.82) is 0 Å². The van der Waals surface area contributed by atoms with Crippen LogP contribution in [0.2, 0.25) is 0 Å². The summed E-state index contributed by atoms with van der Waals surface area (Å²) in [7, 11) is 0. The molecule has 2 aliphatic heterocycles. The van der Waals surface area contributed by atoms with Crippen LogP contribution in [0.3, 0.4) is 0 Å². The number of carbonyl (C=O) groups excluding carboxylic acids is 1. The summed E-state index contributed by atoms with van der Waals surface area (Å²) in [5.41, 5.74) is 2.07. The Kier molecular flexibility index (Phi) is 5.33. The molecule has 2 aliphatic rings. The summed E-state index contributed by atoms with van der Waals surface area (Å²) in [6.07, 6.45) is 2.26. The van der Waals surface area contributed by atoms with E-state index in [0.717, 1.165) is 51.4 Å². The Morgan fingerprint density at radius 3 is 2.70 bits per heavy atom. The van der Waals surface area contributed by atoms with Crippen molar-refractivity contribution in [2.45, 2.75) is 26.3 Å². The Morgan fingerprint density at radius 1 is 1.19 bits per heavy atom. The molecule has 0 saturated carbocycles. The summed E-state index contributed by atoms with van der Waals surface area (Å²) in [6.45, 7) is 7.33. The molecular formula is C19H26N6O2. The highest BCUT2D eigenvalue weighted by molar-refractivity contribution is 5.76. The highest BCUT2D eigenvalue weighted by atomic mass is 16.5. The minimum Gasteiger partial charge on any atom is -0.378 e. The molecule has 27 heavy (non-hydrogen) atoms. The van der Waals surface area contributed by atoms with Crippen LogP contribution in [0, 0.1) is 5.92 Å². The minimum atomic E-state index is 0.0631. The first-order valence-electron chi connectivity index (χ1n) is 9.68. The third-order valence-electron chi connectivity index (χ3n) is 5.24. The Balaban J connectivity index is 1.39. The molecule has 3 heterocycles. The summed E-state index contributed by atoms with van der Waals surface area (Å²) >= 11 is 0. The van der Waals surface area contributed by atoms with Gasteiger partial charge in [-0.05, 0) is 48.2 Å². The van der Waals surface area contributed by atoms with Gasteiger partial charge >= 0.3 is 0 Å². The second-order valence-electron chi connectivity index (χ2n) is 7.38. The average molecular weight is 370 g/mol. The lowest BCUT2D eigenvalue weighted by molar-refractivity contribution is -0.134. The Bertz CT molecular complexity index is 769. The SMILES string of the molecule is C[C@H]1CCCN(C(=O)Cn2nnc(-c3ccc(N4CCOCC4)cc3)n2)C1. The molecule has 0 unspecified atom stereocenters. The van der Waals surface area contributed by atoms with Crippen LogP contribution in [0.1, 0.15) is 19.8 Å². The molecule has 1 atom stereocenters. The molecule has 1 amide bonds. The van der Waals surface area contributed by atoms with Gasteiger partial charge in [-0.15, -0.1) is 10.2 Å². The van der Waals surface area contributed by atoms with Gasteiger partial charge in [-0.1, -0.05) is 6.92 Å². The number of anilines is 1. The number of benzene rings is 1. The van der Waals surface area contributed by atoms with Crippen molar-refractivity contribution in [3.05, 3.63) is 24.3 Å². The molecule has 0 spiro atoms. The van der Waals surface area contributed by atoms with Gasteiger partial charge in [0, 0.05) is 37.4 Å². The van der Waals surface area contributed by atoms with E-state index in [0.29, 0.717) is 11.7 Å². The maximum absolute atomic E-state index is 12.5. The Labute approximate surface area is 159 Å². The van der Waals surface area contributed by atoms with Crippen molar-refractivity contribution in [3.8, 4) is 11.4 Å². The smallest absolute Gasteiger partial charge is 0.246 e. The van der Waals surface area contributed by atoms with Gasteiger partial charge in [0.1, 0.15) is 6.54 Å². The molecule has 2 aromatic rings. The molecule has 4 rings (SSSR count). The number of tetrazole rings is 1. The summed E-state index contributed by atoms with van der Waals surface area (Å²) in [5.74, 6) is 1.17. The second-order valence-corrected chi connectivity index (χ2v) is 7.38. The van der Waals surface area contributed by atoms with E-state index < -0.39 is 0 Å². The maximum Gasteiger partial charge on any atom is 0.246 e. The zero-order valence-electron chi connectivity index (χ0n) is 15.8. The molecule has 2 saturated heterocycles. The molecule has 0 radical (unpaired) electrons. The number of likely N-dealkylation sites (tertiary alicyclic amines) is 1. The Hall–Kier alpha value is -2.48. The van der Waals surface area contributed by atoms with E-state index in [1.54, 1.807) is 0 Å². The highest BCUT2D eigenvalue weighted by Gasteiger charge is 2.22. The third kappa shape index (κ3) is 4.27. The van der Waals surface area contributed by atoms with Crippen LogP contribution in [-0.4, -0.2) is 70.4 Å². The van der Waals surface area contributed by atoms with Crippen LogP contribution in [0.5, 0.6) is 0 Å². The quantitative estimate of drug-likeness (QED) is 0.811. The summed E-state index contributed by atoms with van der Waals surface area (Å²) < 4.78 is 5.39. The van der Waals surface area contributed by atoms with Crippen molar-refractivity contribution in [2.75, 3.05) is 44.3 Å². The topological polar surface area (TPSA) is 76.4 Å². The van der Waals surface area contributed by atoms with Crippen molar-refractivity contribution in [1.82, 2.24) is 25.1 Å². The van der Waals surface area contributed by atoms with Gasteiger partial charge in [-0.3, -0.25) is 4.79 Å². The zero-order chi connectivity index (χ0) is 18.6. The molecule has 8 heteroatoms. The van der Waals surface area contributed by atoms with E-state index in [4.69, 9.17) is 4.74 Å². The molecule has 1 aromatic heterocycles. The minimum absolute atomic E-state index is 0.0631. The van der Waals surface area contributed by atoms with Gasteiger partial charge in [0.25, 0.3) is 0 Å². The third-order valence-corrected chi connectivity index (χ3v) is 5.24. The fourth-order valence-electron chi connectivity index (χ4n) is 3.71. The second kappa shape index (κ2) is 8.04. The number of amides is 1. The number of hydrogen-bond acceptors (Lipinski definition) is 6. The largest absolute Gasteiger partial charge is 0.378 e. The van der Waals surface area contributed by atoms with Crippen LogP contribution >= 0.6 is 0 Å². The normalized spacial score (nSPS) is 20.7. The number of morpholine rings is 1. The fourth-order valence-corrected chi connectivity index (χ4v) is 3.71. The molecule has 2 fully saturated rings. The molecule has 0 N–H and O–H groups in total. The van der Waals surface area contributed by atoms with E-state index in [-0.39, 0.29) is 12.5 Å². The molecule has 8 nitrogen and oxygen atoms in total. The molecular weight excluding hydrogens is 344 g/mol. The predicted molar refractivity (Wildman–Crippen MR) is 101 cm³/mol. The Morgan fingerprint density at radius 2 is 1.96 bits per heavy atom. The standard InChI is InChI=1S/C19H26N6O2/c1-15-3-2-8-24(13-15)18(26)14-25-21-19(20-22-25)16-4-6-17(7-5-16)23-9-11-27-12-10-23/h4-7,15H,2-3,8-14H2,1H3/t15-/m0/s1. The fraction of sp³-hybridized carbons (Fsp3) is 0.579. The van der Waals surface area contributed by atoms with E-state index in [9.17, 15) is 4.79 Å². The maximum atomic E-state index is 12.5. The van der Waals surface area contributed by atoms with Crippen LogP contribution in [-0.2, 0) is 16.1 Å². The summed E-state index contributed by atoms with van der Waals surface area (Å²) in [5, 5.41) is 12.6. The summed E-state index contributed by atoms with van der Waals surface area (Å²) in [4.78, 5) is 18.1. The lowest BCUT2D eigenvalue weighted by atomic mass is 10.0. The lowest BCUT2D eigenvalue weighted by Gasteiger charge is -2.30. The van der Waals surface area contributed by atoms with Gasteiger partial charge in [0.05, 0.1) is 13.2 Å². The number of ether oxygens (including phenoxy) is 1. The van der Waals surface area contributed by atoms with Crippen LogP contribution in [0.25, 0.3) is 11.4 Å². The van der Waals surface area contributed by atoms with E-state index >= 15 is 0 Å². The van der Waals surface area contributed by atoms with Gasteiger partial charge in [0.2, 0.25) is 11.7 Å². The first-order chi connectivity index (χ1) is 13.2. The molecule has 0 aliphatic carbocycles. The molecule has 1 aromatic carbocycles. The number of piperidine rings is 1. The van der Waals surface area contributed by atoms with Gasteiger partial charge in [0.15, 0.2) is 0 Å². The first kappa shape index (κ1) is 17.9. The summed E-state index contributed by atoms with van der Waals surface area (Å²) in [6, 6.07) is 8.14. The van der Waals surface area contributed by atoms with E-state index in [1.165, 1.54) is 16.9 Å². The van der Waals surface area contributed by atoms with Crippen molar-refractivity contribution in [2.24, 2.45) is 5.92 Å². The predicted octanol–water partition coefficient (Wildman–Crippen LogP) is 1.44. The number of hydrogen-bond donors (Lipinski definition) is 0. The molecule has 0 bridgehead atoms. The van der Waals surface area contributed by atoms with Crippen molar-refractivity contribution >= 4 is 11.6 Å². The van der Waals surface area contributed by atoms with Gasteiger partial charge in [-0.2, -0.15) is 4.80 Å². The van der Waals surface area contributed by atoms with E-state index in [2.05, 4.69) is 39.4 Å². The van der Waals surface area contributed by atoms with Gasteiger partial charge < -0.3 is 14.5 Å². The number of rotatable bonds is 4. The lowest BCUT2D eigenvalue weighted by Crippen LogP contribution is -2.41. The zero-order valence-corrected chi connectivity index (χ0v) is 15.8. The molecule has 144 valence electrons. The van der Waals surface area contributed by atoms with Crippen molar-refractivity contribution in [3.63, 3.8) is 0 Å². The van der Waals surface area contributed by atoms with Crippen LogP contribution < -0.4 is 4.90 Å². The number of nitrogens with zero attached hydrogens (tertiary/aromatic N) is 6. The first-order valence-corrected chi connectivity index (χ1v) is 9.68. The van der Waals surface area contributed by atoms with Crippen LogP contribution in [0.15, 0.2) is 24.3 Å². The van der Waals surface area contributed by atoms with Gasteiger partial charge in [-0.25, -0.2) is 0 Å². The number of carbonyl (C=O) groups is 1. The van der Waals surface area contributed by atoms with Crippen molar-refractivity contribution < 1.29 is 9.53 Å². The van der Waals surface area contributed by atoms with Crippen LogP contribution in [0.4, 0.5) is 5.69 Å². The van der Waals surface area contributed by atoms with E-state index in [1.807, 2.05) is 17.0 Å².